The molecule has 1 atom stereocenters. The van der Waals surface area contributed by atoms with Crippen molar-refractivity contribution >= 4 is 17.6 Å². The number of ether oxygens (including phenoxy) is 1. The molecule has 30 heavy (non-hydrogen) atoms. The Morgan fingerprint density at radius 2 is 1.83 bits per heavy atom. The Hall–Kier alpha value is -3.67. The number of carbonyl (C=O) groups excluding carboxylic acids is 2. The molecule has 0 bridgehead atoms. The molecule has 158 valence electrons. The highest BCUT2D eigenvalue weighted by Crippen LogP contribution is 2.16. The number of nitrogens with zero attached hydrogens (tertiary/aromatic N) is 3. The van der Waals surface area contributed by atoms with Crippen LogP contribution < -0.4 is 16.6 Å². The SMILES string of the molecule is CCOC(=O)[C@@H](CCc1ccccc1)Nc1c(C(=O)CC#N)c(=O)n(C)c(=O)n1C. The third-order valence-electron chi connectivity index (χ3n) is 4.63. The van der Waals surface area contributed by atoms with E-state index in [1.807, 2.05) is 30.3 Å². The van der Waals surface area contributed by atoms with Gasteiger partial charge < -0.3 is 10.1 Å². The summed E-state index contributed by atoms with van der Waals surface area (Å²) in [5, 5.41) is 11.7. The van der Waals surface area contributed by atoms with Crippen LogP contribution in [0.25, 0.3) is 0 Å². The lowest BCUT2D eigenvalue weighted by Gasteiger charge is -2.22. The largest absolute Gasteiger partial charge is 0.464 e. The summed E-state index contributed by atoms with van der Waals surface area (Å²) in [6.07, 6.45) is 0.298. The van der Waals surface area contributed by atoms with Crippen molar-refractivity contribution in [2.45, 2.75) is 32.2 Å². The number of anilines is 1. The predicted molar refractivity (Wildman–Crippen MR) is 110 cm³/mol. The molecule has 2 aromatic rings. The Morgan fingerprint density at radius 3 is 2.43 bits per heavy atom. The summed E-state index contributed by atoms with van der Waals surface area (Å²) >= 11 is 0. The molecule has 0 saturated heterocycles. The summed E-state index contributed by atoms with van der Waals surface area (Å²) < 4.78 is 7.00. The van der Waals surface area contributed by atoms with Crippen molar-refractivity contribution in [3.8, 4) is 6.07 Å². The fraction of sp³-hybridized carbons (Fsp3) is 0.381. The highest BCUT2D eigenvalue weighted by atomic mass is 16.5. The summed E-state index contributed by atoms with van der Waals surface area (Å²) in [7, 11) is 2.63. The normalized spacial score (nSPS) is 11.4. The summed E-state index contributed by atoms with van der Waals surface area (Å²) in [4.78, 5) is 50.0. The maximum absolute atomic E-state index is 12.6. The van der Waals surface area contributed by atoms with Crippen molar-refractivity contribution in [1.82, 2.24) is 9.13 Å². The van der Waals surface area contributed by atoms with E-state index in [1.165, 1.54) is 14.1 Å². The number of hydrogen-bond donors (Lipinski definition) is 1. The Labute approximate surface area is 173 Å². The van der Waals surface area contributed by atoms with E-state index in [0.717, 1.165) is 14.7 Å². The van der Waals surface area contributed by atoms with Gasteiger partial charge in [0.1, 0.15) is 17.4 Å². The molecule has 0 fully saturated rings. The van der Waals surface area contributed by atoms with Crippen LogP contribution in [-0.2, 0) is 30.0 Å². The van der Waals surface area contributed by atoms with Gasteiger partial charge in [0.2, 0.25) is 0 Å². The molecule has 1 aromatic heterocycles. The first-order valence-corrected chi connectivity index (χ1v) is 9.49. The van der Waals surface area contributed by atoms with Crippen LogP contribution in [0.15, 0.2) is 39.9 Å². The summed E-state index contributed by atoms with van der Waals surface area (Å²) in [6, 6.07) is 10.3. The average molecular weight is 412 g/mol. The van der Waals surface area contributed by atoms with Crippen LogP contribution >= 0.6 is 0 Å². The third kappa shape index (κ3) is 5.03. The van der Waals surface area contributed by atoms with E-state index in [2.05, 4.69) is 5.32 Å². The lowest BCUT2D eigenvalue weighted by molar-refractivity contribution is -0.144. The molecule has 2 rings (SSSR count). The van der Waals surface area contributed by atoms with Gasteiger partial charge in [-0.2, -0.15) is 5.26 Å². The topological polar surface area (TPSA) is 123 Å². The minimum Gasteiger partial charge on any atom is -0.464 e. The molecule has 0 unspecified atom stereocenters. The van der Waals surface area contributed by atoms with Crippen molar-refractivity contribution in [1.29, 1.82) is 5.26 Å². The van der Waals surface area contributed by atoms with Crippen molar-refractivity contribution in [3.63, 3.8) is 0 Å². The third-order valence-corrected chi connectivity index (χ3v) is 4.63. The maximum atomic E-state index is 12.6. The van der Waals surface area contributed by atoms with Gasteiger partial charge in [0.15, 0.2) is 5.78 Å². The molecule has 0 aliphatic heterocycles. The Kier molecular flexibility index (Phi) is 7.69. The maximum Gasteiger partial charge on any atom is 0.332 e. The quantitative estimate of drug-likeness (QED) is 0.484. The summed E-state index contributed by atoms with van der Waals surface area (Å²) in [6.45, 7) is 1.82. The molecule has 9 heteroatoms. The molecule has 1 heterocycles. The number of nitriles is 1. The highest BCUT2D eigenvalue weighted by Gasteiger charge is 2.27. The van der Waals surface area contributed by atoms with Gasteiger partial charge in [0.25, 0.3) is 5.56 Å². The number of aryl methyl sites for hydroxylation is 1. The number of Topliss-reactive ketones (excluding diaryl/α,β-unsaturated/α-hetero) is 1. The van der Waals surface area contributed by atoms with Crippen molar-refractivity contribution in [2.24, 2.45) is 14.1 Å². The van der Waals surface area contributed by atoms with Gasteiger partial charge in [-0.15, -0.1) is 0 Å². The second kappa shape index (κ2) is 10.2. The zero-order chi connectivity index (χ0) is 22.3. The monoisotopic (exact) mass is 412 g/mol. The van der Waals surface area contributed by atoms with Gasteiger partial charge in [0.05, 0.1) is 19.1 Å². The molecule has 0 radical (unpaired) electrons. The van der Waals surface area contributed by atoms with Gasteiger partial charge in [-0.1, -0.05) is 30.3 Å². The van der Waals surface area contributed by atoms with E-state index in [0.29, 0.717) is 12.8 Å². The van der Waals surface area contributed by atoms with Crippen LogP contribution in [0.1, 0.15) is 35.7 Å². The Balaban J connectivity index is 2.48. The molecule has 0 aliphatic rings. The first kappa shape index (κ1) is 22.6. The number of ketones is 1. The van der Waals surface area contributed by atoms with E-state index in [4.69, 9.17) is 10.00 Å². The van der Waals surface area contributed by atoms with E-state index in [-0.39, 0.29) is 18.0 Å². The van der Waals surface area contributed by atoms with Crippen LogP contribution in [0.2, 0.25) is 0 Å². The van der Waals surface area contributed by atoms with E-state index >= 15 is 0 Å². The van der Waals surface area contributed by atoms with Crippen LogP contribution in [0.3, 0.4) is 0 Å². The second-order valence-electron chi connectivity index (χ2n) is 6.66. The molecular formula is C21H24N4O5. The smallest absolute Gasteiger partial charge is 0.332 e. The number of hydrogen-bond acceptors (Lipinski definition) is 7. The van der Waals surface area contributed by atoms with Gasteiger partial charge in [-0.05, 0) is 25.3 Å². The minimum atomic E-state index is -0.906. The van der Waals surface area contributed by atoms with Crippen LogP contribution in [-0.4, -0.2) is 33.5 Å². The number of esters is 1. The number of nitrogens with one attached hydrogen (secondary N) is 1. The average Bonchev–Trinajstić information content (AvgIpc) is 2.74. The molecule has 1 N–H and O–H groups in total. The Bertz CT molecular complexity index is 1080. The zero-order valence-corrected chi connectivity index (χ0v) is 17.2. The van der Waals surface area contributed by atoms with Crippen molar-refractivity contribution in [2.75, 3.05) is 11.9 Å². The fourth-order valence-electron chi connectivity index (χ4n) is 3.04. The van der Waals surface area contributed by atoms with Crippen molar-refractivity contribution < 1.29 is 14.3 Å². The molecule has 0 aliphatic carbocycles. The Morgan fingerprint density at radius 1 is 1.17 bits per heavy atom. The van der Waals surface area contributed by atoms with E-state index in [1.54, 1.807) is 13.0 Å². The van der Waals surface area contributed by atoms with Gasteiger partial charge in [-0.25, -0.2) is 9.59 Å². The lowest BCUT2D eigenvalue weighted by atomic mass is 10.0. The summed E-state index contributed by atoms with van der Waals surface area (Å²) in [5.41, 5.74) is -0.837. The van der Waals surface area contributed by atoms with Gasteiger partial charge in [0, 0.05) is 14.1 Å². The van der Waals surface area contributed by atoms with Crippen molar-refractivity contribution in [3.05, 3.63) is 62.3 Å². The summed E-state index contributed by atoms with van der Waals surface area (Å²) in [5.74, 6) is -1.41. The molecule has 0 saturated carbocycles. The number of aromatic nitrogens is 2. The number of carbonyl (C=O) groups is 2. The van der Waals surface area contributed by atoms with E-state index in [9.17, 15) is 19.2 Å². The predicted octanol–water partition coefficient (Wildman–Crippen LogP) is 1.16. The molecule has 9 nitrogen and oxygen atoms in total. The zero-order valence-electron chi connectivity index (χ0n) is 17.2. The van der Waals surface area contributed by atoms with Crippen LogP contribution in [0, 0.1) is 11.3 Å². The van der Waals surface area contributed by atoms with Gasteiger partial charge in [-0.3, -0.25) is 18.7 Å². The second-order valence-corrected chi connectivity index (χ2v) is 6.66. The molecule has 0 spiro atoms. The van der Waals surface area contributed by atoms with Crippen LogP contribution in [0.5, 0.6) is 0 Å². The van der Waals surface area contributed by atoms with E-state index < -0.39 is 35.5 Å². The first-order valence-electron chi connectivity index (χ1n) is 9.49. The fourth-order valence-corrected chi connectivity index (χ4v) is 3.04. The number of benzene rings is 1. The standard InChI is InChI=1S/C21H24N4O5/c1-4-30-20(28)15(11-10-14-8-6-5-7-9-14)23-18-17(16(26)12-13-22)19(27)25(3)21(29)24(18)2/h5-9,15,23H,4,10-12H2,1-3H3/t15-/m1/s1. The van der Waals surface area contributed by atoms with Crippen LogP contribution in [0.4, 0.5) is 5.82 Å². The highest BCUT2D eigenvalue weighted by molar-refractivity contribution is 6.01. The first-order chi connectivity index (χ1) is 14.3. The molecular weight excluding hydrogens is 388 g/mol. The molecule has 0 amide bonds. The van der Waals surface area contributed by atoms with Gasteiger partial charge >= 0.3 is 11.7 Å². The molecule has 1 aromatic carbocycles. The number of rotatable bonds is 9. The minimum absolute atomic E-state index is 0.102. The lowest BCUT2D eigenvalue weighted by Crippen LogP contribution is -2.44.